The fourth-order valence-electron chi connectivity index (χ4n) is 1.33. The standard InChI is InChI=1S/C10H18N2O2/c1-3-12(4-2)10(14)7-9(13)11-8-5-6-8/h8H,3-7H2,1-2H3,(H,11,13). The molecule has 0 heterocycles. The van der Waals surface area contributed by atoms with E-state index in [9.17, 15) is 9.59 Å². The molecule has 1 aliphatic carbocycles. The molecule has 1 rings (SSSR count). The number of hydrogen-bond acceptors (Lipinski definition) is 2. The zero-order chi connectivity index (χ0) is 10.6. The maximum atomic E-state index is 11.5. The predicted octanol–water partition coefficient (Wildman–Crippen LogP) is 0.523. The van der Waals surface area contributed by atoms with Crippen molar-refractivity contribution in [2.45, 2.75) is 39.2 Å². The lowest BCUT2D eigenvalue weighted by molar-refractivity contribution is -0.135. The van der Waals surface area contributed by atoms with Crippen LogP contribution in [0.3, 0.4) is 0 Å². The highest BCUT2D eigenvalue weighted by molar-refractivity contribution is 5.97. The van der Waals surface area contributed by atoms with Crippen LogP contribution < -0.4 is 5.32 Å². The van der Waals surface area contributed by atoms with Crippen molar-refractivity contribution in [3.05, 3.63) is 0 Å². The van der Waals surface area contributed by atoms with Crippen LogP contribution in [-0.2, 0) is 9.59 Å². The Morgan fingerprint density at radius 2 is 1.86 bits per heavy atom. The lowest BCUT2D eigenvalue weighted by Gasteiger charge is -2.18. The van der Waals surface area contributed by atoms with Gasteiger partial charge in [-0.05, 0) is 26.7 Å². The zero-order valence-corrected chi connectivity index (χ0v) is 8.88. The van der Waals surface area contributed by atoms with E-state index in [0.29, 0.717) is 19.1 Å². The van der Waals surface area contributed by atoms with Gasteiger partial charge in [0, 0.05) is 19.1 Å². The summed E-state index contributed by atoms with van der Waals surface area (Å²) in [6, 6.07) is 0.340. The number of rotatable bonds is 5. The van der Waals surface area contributed by atoms with Gasteiger partial charge in [-0.15, -0.1) is 0 Å². The summed E-state index contributed by atoms with van der Waals surface area (Å²) >= 11 is 0. The topological polar surface area (TPSA) is 49.4 Å². The molecular formula is C10H18N2O2. The van der Waals surface area contributed by atoms with E-state index < -0.39 is 0 Å². The molecule has 0 atom stereocenters. The second-order valence-electron chi connectivity index (χ2n) is 3.58. The first-order valence-corrected chi connectivity index (χ1v) is 5.24. The maximum absolute atomic E-state index is 11.5. The van der Waals surface area contributed by atoms with Crippen molar-refractivity contribution in [3.63, 3.8) is 0 Å². The Bertz CT molecular complexity index is 220. The Kier molecular flexibility index (Phi) is 3.92. The van der Waals surface area contributed by atoms with Crippen LogP contribution in [0.25, 0.3) is 0 Å². The molecule has 4 heteroatoms. The average molecular weight is 198 g/mol. The van der Waals surface area contributed by atoms with Crippen LogP contribution in [-0.4, -0.2) is 35.8 Å². The van der Waals surface area contributed by atoms with Crippen LogP contribution in [0.4, 0.5) is 0 Å². The fraction of sp³-hybridized carbons (Fsp3) is 0.800. The van der Waals surface area contributed by atoms with Crippen LogP contribution in [0.1, 0.15) is 33.1 Å². The Balaban J connectivity index is 2.26. The Hall–Kier alpha value is -1.06. The third-order valence-corrected chi connectivity index (χ3v) is 2.37. The quantitative estimate of drug-likeness (QED) is 0.655. The summed E-state index contributed by atoms with van der Waals surface area (Å²) in [6.45, 7) is 5.18. The first-order chi connectivity index (χ1) is 6.67. The molecule has 4 nitrogen and oxygen atoms in total. The van der Waals surface area contributed by atoms with Gasteiger partial charge in [-0.3, -0.25) is 9.59 Å². The summed E-state index contributed by atoms with van der Waals surface area (Å²) in [5.41, 5.74) is 0. The van der Waals surface area contributed by atoms with Gasteiger partial charge in [-0.1, -0.05) is 0 Å². The summed E-state index contributed by atoms with van der Waals surface area (Å²) in [4.78, 5) is 24.4. The second kappa shape index (κ2) is 4.98. The van der Waals surface area contributed by atoms with Gasteiger partial charge < -0.3 is 10.2 Å². The first kappa shape index (κ1) is 11.0. The van der Waals surface area contributed by atoms with Gasteiger partial charge in [0.2, 0.25) is 11.8 Å². The van der Waals surface area contributed by atoms with E-state index in [-0.39, 0.29) is 18.2 Å². The molecule has 0 aromatic carbocycles. The summed E-state index contributed by atoms with van der Waals surface area (Å²) in [6.07, 6.45) is 2.12. The molecule has 1 fully saturated rings. The Morgan fingerprint density at radius 1 is 1.29 bits per heavy atom. The van der Waals surface area contributed by atoms with Crippen molar-refractivity contribution in [1.29, 1.82) is 0 Å². The minimum absolute atomic E-state index is 0.00181. The van der Waals surface area contributed by atoms with Gasteiger partial charge in [0.25, 0.3) is 0 Å². The second-order valence-corrected chi connectivity index (χ2v) is 3.58. The largest absolute Gasteiger partial charge is 0.353 e. The first-order valence-electron chi connectivity index (χ1n) is 5.24. The minimum Gasteiger partial charge on any atom is -0.353 e. The number of carbonyl (C=O) groups is 2. The molecule has 0 aromatic rings. The number of amides is 2. The fourth-order valence-corrected chi connectivity index (χ4v) is 1.33. The molecule has 0 aliphatic heterocycles. The zero-order valence-electron chi connectivity index (χ0n) is 8.88. The molecule has 0 bridgehead atoms. The number of carbonyl (C=O) groups excluding carboxylic acids is 2. The van der Waals surface area contributed by atoms with Crippen LogP contribution >= 0.6 is 0 Å². The number of hydrogen-bond donors (Lipinski definition) is 1. The lowest BCUT2D eigenvalue weighted by atomic mass is 10.3. The van der Waals surface area contributed by atoms with Gasteiger partial charge in [0.05, 0.1) is 0 Å². The number of nitrogens with zero attached hydrogens (tertiary/aromatic N) is 1. The van der Waals surface area contributed by atoms with E-state index in [1.807, 2.05) is 13.8 Å². The molecule has 14 heavy (non-hydrogen) atoms. The average Bonchev–Trinajstić information content (AvgIpc) is 2.90. The van der Waals surface area contributed by atoms with Crippen molar-refractivity contribution in [2.24, 2.45) is 0 Å². The summed E-state index contributed by atoms with van der Waals surface area (Å²) in [7, 11) is 0. The molecule has 2 amide bonds. The Labute approximate surface area is 84.7 Å². The molecule has 0 saturated heterocycles. The lowest BCUT2D eigenvalue weighted by Crippen LogP contribution is -2.36. The van der Waals surface area contributed by atoms with E-state index in [2.05, 4.69) is 5.32 Å². The maximum Gasteiger partial charge on any atom is 0.231 e. The van der Waals surface area contributed by atoms with Crippen LogP contribution in [0.2, 0.25) is 0 Å². The van der Waals surface area contributed by atoms with Crippen LogP contribution in [0.5, 0.6) is 0 Å². The number of nitrogens with one attached hydrogen (secondary N) is 1. The normalized spacial score (nSPS) is 15.0. The molecule has 1 aliphatic rings. The third-order valence-electron chi connectivity index (χ3n) is 2.37. The van der Waals surface area contributed by atoms with Crippen molar-refractivity contribution in [2.75, 3.05) is 13.1 Å². The van der Waals surface area contributed by atoms with Gasteiger partial charge in [0.1, 0.15) is 6.42 Å². The monoisotopic (exact) mass is 198 g/mol. The van der Waals surface area contributed by atoms with E-state index in [0.717, 1.165) is 12.8 Å². The highest BCUT2D eigenvalue weighted by atomic mass is 16.2. The van der Waals surface area contributed by atoms with Gasteiger partial charge >= 0.3 is 0 Å². The molecule has 0 spiro atoms. The third kappa shape index (κ3) is 3.36. The molecular weight excluding hydrogens is 180 g/mol. The van der Waals surface area contributed by atoms with Crippen LogP contribution in [0.15, 0.2) is 0 Å². The SMILES string of the molecule is CCN(CC)C(=O)CC(=O)NC1CC1. The van der Waals surface area contributed by atoms with Crippen LogP contribution in [0, 0.1) is 0 Å². The van der Waals surface area contributed by atoms with Gasteiger partial charge in [-0.25, -0.2) is 0 Å². The van der Waals surface area contributed by atoms with Gasteiger partial charge in [-0.2, -0.15) is 0 Å². The highest BCUT2D eigenvalue weighted by Gasteiger charge is 2.24. The van der Waals surface area contributed by atoms with E-state index in [1.54, 1.807) is 4.90 Å². The van der Waals surface area contributed by atoms with Crippen molar-refractivity contribution < 1.29 is 9.59 Å². The van der Waals surface area contributed by atoms with E-state index >= 15 is 0 Å². The minimum atomic E-state index is -0.135. The van der Waals surface area contributed by atoms with E-state index in [1.165, 1.54) is 0 Å². The molecule has 0 radical (unpaired) electrons. The van der Waals surface area contributed by atoms with Gasteiger partial charge in [0.15, 0.2) is 0 Å². The molecule has 0 unspecified atom stereocenters. The highest BCUT2D eigenvalue weighted by Crippen LogP contribution is 2.18. The van der Waals surface area contributed by atoms with Crippen molar-refractivity contribution in [1.82, 2.24) is 10.2 Å². The summed E-state index contributed by atoms with van der Waals surface area (Å²) in [5.74, 6) is -0.211. The molecule has 1 N–H and O–H groups in total. The molecule has 1 saturated carbocycles. The predicted molar refractivity (Wildman–Crippen MR) is 53.7 cm³/mol. The summed E-state index contributed by atoms with van der Waals surface area (Å²) < 4.78 is 0. The molecule has 80 valence electrons. The van der Waals surface area contributed by atoms with Crippen molar-refractivity contribution in [3.8, 4) is 0 Å². The Morgan fingerprint density at radius 3 is 2.29 bits per heavy atom. The summed E-state index contributed by atoms with van der Waals surface area (Å²) in [5, 5.41) is 2.80. The smallest absolute Gasteiger partial charge is 0.231 e. The molecule has 0 aromatic heterocycles. The van der Waals surface area contributed by atoms with E-state index in [4.69, 9.17) is 0 Å². The van der Waals surface area contributed by atoms with Crippen molar-refractivity contribution >= 4 is 11.8 Å².